The number of methoxy groups -OCH3 is 1. The number of hydrogen-bond acceptors (Lipinski definition) is 4. The van der Waals surface area contributed by atoms with Gasteiger partial charge in [-0.25, -0.2) is 9.59 Å². The number of amides is 1. The van der Waals surface area contributed by atoms with Crippen molar-refractivity contribution in [1.29, 1.82) is 0 Å². The van der Waals surface area contributed by atoms with Crippen molar-refractivity contribution >= 4 is 12.1 Å². The minimum absolute atomic E-state index is 0.231. The summed E-state index contributed by atoms with van der Waals surface area (Å²) in [4.78, 5) is 26.4. The van der Waals surface area contributed by atoms with Gasteiger partial charge in [-0.05, 0) is 38.7 Å². The van der Waals surface area contributed by atoms with Gasteiger partial charge in [-0.1, -0.05) is 44.2 Å². The molecule has 1 aromatic carbocycles. The largest absolute Gasteiger partial charge is 0.467 e. The van der Waals surface area contributed by atoms with Crippen molar-refractivity contribution < 1.29 is 19.1 Å². The zero-order valence-electron chi connectivity index (χ0n) is 15.5. The van der Waals surface area contributed by atoms with Gasteiger partial charge in [0.1, 0.15) is 11.6 Å². The van der Waals surface area contributed by atoms with E-state index in [0.29, 0.717) is 13.0 Å². The van der Waals surface area contributed by atoms with E-state index in [4.69, 9.17) is 9.47 Å². The lowest BCUT2D eigenvalue weighted by Gasteiger charge is -2.33. The molecule has 0 spiro atoms. The summed E-state index contributed by atoms with van der Waals surface area (Å²) >= 11 is 0. The third-order valence-corrected chi connectivity index (χ3v) is 3.37. The highest BCUT2D eigenvalue weighted by atomic mass is 16.6. The van der Waals surface area contributed by atoms with Gasteiger partial charge in [0, 0.05) is 6.54 Å². The zero-order valence-corrected chi connectivity index (χ0v) is 15.5. The Morgan fingerprint density at radius 2 is 1.71 bits per heavy atom. The number of hydrogen-bond donors (Lipinski definition) is 0. The molecule has 1 rings (SSSR count). The van der Waals surface area contributed by atoms with Crippen molar-refractivity contribution in [3.63, 3.8) is 0 Å². The average molecular weight is 335 g/mol. The Balaban J connectivity index is 3.12. The zero-order chi connectivity index (χ0) is 18.3. The van der Waals surface area contributed by atoms with Crippen LogP contribution in [0.4, 0.5) is 4.79 Å². The first kappa shape index (κ1) is 20.0. The third kappa shape index (κ3) is 6.60. The van der Waals surface area contributed by atoms with Gasteiger partial charge < -0.3 is 9.47 Å². The fraction of sp³-hybridized carbons (Fsp3) is 0.579. The Morgan fingerprint density at radius 1 is 1.12 bits per heavy atom. The highest BCUT2D eigenvalue weighted by Gasteiger charge is 2.34. The van der Waals surface area contributed by atoms with Crippen LogP contribution in [-0.2, 0) is 20.8 Å². The van der Waals surface area contributed by atoms with Crippen LogP contribution in [0.5, 0.6) is 0 Å². The Kier molecular flexibility index (Phi) is 7.26. The van der Waals surface area contributed by atoms with Crippen LogP contribution in [0.1, 0.15) is 46.6 Å². The summed E-state index contributed by atoms with van der Waals surface area (Å²) < 4.78 is 10.4. The number of ether oxygens (including phenoxy) is 2. The fourth-order valence-corrected chi connectivity index (χ4v) is 2.34. The van der Waals surface area contributed by atoms with Crippen LogP contribution in [0.3, 0.4) is 0 Å². The monoisotopic (exact) mass is 335 g/mol. The second-order valence-corrected chi connectivity index (χ2v) is 7.26. The van der Waals surface area contributed by atoms with E-state index in [-0.39, 0.29) is 5.92 Å². The van der Waals surface area contributed by atoms with Gasteiger partial charge >= 0.3 is 12.1 Å². The third-order valence-electron chi connectivity index (χ3n) is 3.37. The van der Waals surface area contributed by atoms with Crippen LogP contribution in [0, 0.1) is 5.92 Å². The minimum Gasteiger partial charge on any atom is -0.467 e. The van der Waals surface area contributed by atoms with E-state index >= 15 is 0 Å². The smallest absolute Gasteiger partial charge is 0.411 e. The van der Waals surface area contributed by atoms with Crippen LogP contribution < -0.4 is 0 Å². The van der Waals surface area contributed by atoms with Crippen molar-refractivity contribution in [3.8, 4) is 0 Å². The van der Waals surface area contributed by atoms with E-state index in [1.807, 2.05) is 44.2 Å². The second-order valence-electron chi connectivity index (χ2n) is 7.26. The van der Waals surface area contributed by atoms with Crippen molar-refractivity contribution in [1.82, 2.24) is 4.90 Å². The van der Waals surface area contributed by atoms with Gasteiger partial charge in [0.25, 0.3) is 0 Å². The van der Waals surface area contributed by atoms with Crippen molar-refractivity contribution in [3.05, 3.63) is 35.9 Å². The van der Waals surface area contributed by atoms with Gasteiger partial charge in [-0.3, -0.25) is 4.90 Å². The molecule has 0 aliphatic carbocycles. The molecule has 0 saturated heterocycles. The number of nitrogens with zero attached hydrogens (tertiary/aromatic N) is 1. The predicted octanol–water partition coefficient (Wildman–Crippen LogP) is 4.01. The number of rotatable bonds is 6. The van der Waals surface area contributed by atoms with Crippen molar-refractivity contribution in [2.45, 2.75) is 59.2 Å². The molecule has 134 valence electrons. The Morgan fingerprint density at radius 3 is 2.17 bits per heavy atom. The predicted molar refractivity (Wildman–Crippen MR) is 93.5 cm³/mol. The molecule has 0 radical (unpaired) electrons. The minimum atomic E-state index is -0.676. The highest BCUT2D eigenvalue weighted by Crippen LogP contribution is 2.20. The van der Waals surface area contributed by atoms with Gasteiger partial charge in [-0.15, -0.1) is 0 Å². The Hall–Kier alpha value is -2.04. The quantitative estimate of drug-likeness (QED) is 0.737. The lowest BCUT2D eigenvalue weighted by Crippen LogP contribution is -2.47. The van der Waals surface area contributed by atoms with E-state index in [9.17, 15) is 9.59 Å². The normalized spacial score (nSPS) is 12.6. The number of esters is 1. The maximum Gasteiger partial charge on any atom is 0.411 e. The Labute approximate surface area is 144 Å². The summed E-state index contributed by atoms with van der Waals surface area (Å²) in [6.07, 6.45) is 0.000985. The maximum atomic E-state index is 12.7. The summed E-state index contributed by atoms with van der Waals surface area (Å²) in [5.74, 6) is -0.194. The molecule has 1 aromatic rings. The van der Waals surface area contributed by atoms with Crippen molar-refractivity contribution in [2.24, 2.45) is 5.92 Å². The van der Waals surface area contributed by atoms with E-state index in [1.165, 1.54) is 12.0 Å². The molecule has 0 bridgehead atoms. The van der Waals surface area contributed by atoms with Gasteiger partial charge in [0.15, 0.2) is 0 Å². The molecule has 24 heavy (non-hydrogen) atoms. The first-order valence-electron chi connectivity index (χ1n) is 8.25. The molecule has 0 fully saturated rings. The van der Waals surface area contributed by atoms with Crippen LogP contribution in [0.2, 0.25) is 0 Å². The SMILES string of the molecule is COC(=O)[C@H](CC(C)C)N(Cc1ccccc1)C(=O)OC(C)(C)C. The number of carbonyl (C=O) groups excluding carboxylic acids is 2. The molecule has 0 saturated carbocycles. The molecule has 5 heteroatoms. The van der Waals surface area contributed by atoms with Gasteiger partial charge in [0.2, 0.25) is 0 Å². The number of benzene rings is 1. The standard InChI is InChI=1S/C19H29NO4/c1-14(2)12-16(17(21)23-6)20(18(22)24-19(3,4)5)13-15-10-8-7-9-11-15/h7-11,14,16H,12-13H2,1-6H3/t16-/m0/s1. The maximum absolute atomic E-state index is 12.7. The summed E-state index contributed by atoms with van der Waals surface area (Å²) in [5, 5.41) is 0. The molecule has 0 heterocycles. The second kappa shape index (κ2) is 8.71. The topological polar surface area (TPSA) is 55.8 Å². The summed E-state index contributed by atoms with van der Waals surface area (Å²) in [6.45, 7) is 9.73. The molecule has 0 aliphatic heterocycles. The summed E-state index contributed by atoms with van der Waals surface area (Å²) in [7, 11) is 1.34. The lowest BCUT2D eigenvalue weighted by atomic mass is 10.0. The average Bonchev–Trinajstić information content (AvgIpc) is 2.49. The van der Waals surface area contributed by atoms with E-state index < -0.39 is 23.7 Å². The molecule has 0 aliphatic rings. The van der Waals surface area contributed by atoms with Gasteiger partial charge in [-0.2, -0.15) is 0 Å². The molecule has 0 aromatic heterocycles. The molecule has 1 amide bonds. The molecule has 0 unspecified atom stereocenters. The molecular weight excluding hydrogens is 306 g/mol. The van der Waals surface area contributed by atoms with E-state index in [2.05, 4.69) is 0 Å². The number of carbonyl (C=O) groups is 2. The van der Waals surface area contributed by atoms with Crippen LogP contribution >= 0.6 is 0 Å². The fourth-order valence-electron chi connectivity index (χ4n) is 2.34. The van der Waals surface area contributed by atoms with Crippen LogP contribution in [0.15, 0.2) is 30.3 Å². The molecule has 1 atom stereocenters. The van der Waals surface area contributed by atoms with Crippen LogP contribution in [0.25, 0.3) is 0 Å². The lowest BCUT2D eigenvalue weighted by molar-refractivity contribution is -0.147. The van der Waals surface area contributed by atoms with Gasteiger partial charge in [0.05, 0.1) is 7.11 Å². The van der Waals surface area contributed by atoms with E-state index in [0.717, 1.165) is 5.56 Å². The highest BCUT2D eigenvalue weighted by molar-refractivity contribution is 5.81. The Bertz CT molecular complexity index is 534. The van der Waals surface area contributed by atoms with Crippen LogP contribution in [-0.4, -0.2) is 35.7 Å². The first-order chi connectivity index (χ1) is 11.1. The molecule has 5 nitrogen and oxygen atoms in total. The molecular formula is C19H29NO4. The van der Waals surface area contributed by atoms with E-state index in [1.54, 1.807) is 20.8 Å². The summed E-state index contributed by atoms with van der Waals surface area (Å²) in [5.41, 5.74) is 0.297. The van der Waals surface area contributed by atoms with Crippen molar-refractivity contribution in [2.75, 3.05) is 7.11 Å². The summed E-state index contributed by atoms with van der Waals surface area (Å²) in [6, 6.07) is 8.87. The molecule has 0 N–H and O–H groups in total. The first-order valence-corrected chi connectivity index (χ1v) is 8.25.